The topological polar surface area (TPSA) is 56.1 Å². The number of hydrogen-bond acceptors (Lipinski definition) is 3. The van der Waals surface area contributed by atoms with Crippen LogP contribution in [-0.4, -0.2) is 32.2 Å². The lowest BCUT2D eigenvalue weighted by Gasteiger charge is -2.18. The molecule has 1 amide bonds. The average Bonchev–Trinajstić information content (AvgIpc) is 2.36. The molecule has 0 fully saturated rings. The van der Waals surface area contributed by atoms with Crippen LogP contribution >= 0.6 is 0 Å². The summed E-state index contributed by atoms with van der Waals surface area (Å²) in [6, 6.07) is 8.18. The number of halogens is 3. The van der Waals surface area contributed by atoms with E-state index in [2.05, 4.69) is 0 Å². The Bertz CT molecular complexity index is 494. The van der Waals surface area contributed by atoms with E-state index in [1.54, 1.807) is 18.2 Å². The molecule has 4 nitrogen and oxygen atoms in total. The second-order valence-corrected chi connectivity index (χ2v) is 3.83. The summed E-state index contributed by atoms with van der Waals surface area (Å²) in [6.45, 7) is -1.64. The molecule has 0 saturated carbocycles. The molecular weight excluding hydrogens is 259 g/mol. The van der Waals surface area contributed by atoms with Gasteiger partial charge < -0.3 is 10.2 Å². The summed E-state index contributed by atoms with van der Waals surface area (Å²) in [6.07, 6.45) is -4.35. The van der Waals surface area contributed by atoms with Crippen molar-refractivity contribution in [1.82, 2.24) is 5.32 Å². The Balaban J connectivity index is 2.59. The van der Waals surface area contributed by atoms with Crippen molar-refractivity contribution in [2.24, 2.45) is 0 Å². The van der Waals surface area contributed by atoms with Crippen LogP contribution in [0.1, 0.15) is 5.56 Å². The number of benzene rings is 1. The van der Waals surface area contributed by atoms with Crippen LogP contribution < -0.4 is 10.2 Å². The molecule has 1 rings (SSSR count). The number of nitrogens with zero attached hydrogens (tertiary/aromatic N) is 2. The van der Waals surface area contributed by atoms with Gasteiger partial charge >= 0.3 is 6.18 Å². The monoisotopic (exact) mass is 271 g/mol. The van der Waals surface area contributed by atoms with Crippen LogP contribution in [0.2, 0.25) is 0 Å². The predicted octanol–water partition coefficient (Wildman–Crippen LogP) is 1.67. The number of likely N-dealkylation sites (N-methyl/N-ethyl adjacent to an activating group) is 1. The number of carbonyl (C=O) groups is 1. The maximum Gasteiger partial charge on any atom is 0.401 e. The Morgan fingerprint density at radius 3 is 2.74 bits per heavy atom. The molecule has 0 radical (unpaired) electrons. The highest BCUT2D eigenvalue weighted by molar-refractivity contribution is 5.94. The molecule has 1 aromatic carbocycles. The number of nitrogens with one attached hydrogen (secondary N) is 1. The number of hydrogen-bond donors (Lipinski definition) is 1. The van der Waals surface area contributed by atoms with Gasteiger partial charge in [0.05, 0.1) is 24.7 Å². The summed E-state index contributed by atoms with van der Waals surface area (Å²) in [5.74, 6) is -0.515. The van der Waals surface area contributed by atoms with Crippen molar-refractivity contribution in [2.45, 2.75) is 6.18 Å². The fourth-order valence-corrected chi connectivity index (χ4v) is 1.36. The summed E-state index contributed by atoms with van der Waals surface area (Å²) >= 11 is 0. The largest absolute Gasteiger partial charge is 0.401 e. The summed E-state index contributed by atoms with van der Waals surface area (Å²) < 4.78 is 35.7. The molecule has 0 aliphatic heterocycles. The number of rotatable bonds is 4. The van der Waals surface area contributed by atoms with E-state index in [0.717, 1.165) is 0 Å². The van der Waals surface area contributed by atoms with Gasteiger partial charge in [0.15, 0.2) is 0 Å². The van der Waals surface area contributed by atoms with E-state index in [4.69, 9.17) is 5.26 Å². The Kier molecular flexibility index (Phi) is 4.89. The minimum absolute atomic E-state index is 0.375. The zero-order valence-corrected chi connectivity index (χ0v) is 10.2. The van der Waals surface area contributed by atoms with Gasteiger partial charge in [-0.25, -0.2) is 0 Å². The zero-order valence-electron chi connectivity index (χ0n) is 10.2. The molecule has 0 spiro atoms. The Labute approximate surface area is 108 Å². The van der Waals surface area contributed by atoms with Gasteiger partial charge in [-0.15, -0.1) is 0 Å². The number of anilines is 1. The van der Waals surface area contributed by atoms with Crippen LogP contribution in [-0.2, 0) is 4.79 Å². The lowest BCUT2D eigenvalue weighted by Crippen LogP contribution is -2.39. The van der Waals surface area contributed by atoms with Gasteiger partial charge in [-0.05, 0) is 18.2 Å². The van der Waals surface area contributed by atoms with Gasteiger partial charge in [-0.3, -0.25) is 4.79 Å². The van der Waals surface area contributed by atoms with Crippen molar-refractivity contribution in [1.29, 1.82) is 5.26 Å². The van der Waals surface area contributed by atoms with Gasteiger partial charge in [0.2, 0.25) is 5.91 Å². The Morgan fingerprint density at radius 1 is 1.47 bits per heavy atom. The molecule has 0 unspecified atom stereocenters. The van der Waals surface area contributed by atoms with E-state index in [-0.39, 0.29) is 0 Å². The zero-order chi connectivity index (χ0) is 14.5. The number of carbonyl (C=O) groups excluding carboxylic acids is 1. The van der Waals surface area contributed by atoms with Gasteiger partial charge in [-0.2, -0.15) is 18.4 Å². The van der Waals surface area contributed by atoms with Crippen molar-refractivity contribution in [3.05, 3.63) is 29.8 Å². The third-order valence-electron chi connectivity index (χ3n) is 2.34. The molecule has 0 aromatic heterocycles. The first-order chi connectivity index (χ1) is 8.83. The summed E-state index contributed by atoms with van der Waals surface area (Å²) in [5.41, 5.74) is 0.832. The fourth-order valence-electron chi connectivity index (χ4n) is 1.36. The maximum absolute atomic E-state index is 11.9. The molecular formula is C12H12F3N3O. The van der Waals surface area contributed by atoms with Crippen molar-refractivity contribution in [3.63, 3.8) is 0 Å². The molecule has 0 aliphatic carbocycles. The summed E-state index contributed by atoms with van der Waals surface area (Å²) in [7, 11) is 1.44. The van der Waals surface area contributed by atoms with Gasteiger partial charge in [-0.1, -0.05) is 6.07 Å². The fraction of sp³-hybridized carbons (Fsp3) is 0.333. The van der Waals surface area contributed by atoms with Crippen LogP contribution in [0.3, 0.4) is 0 Å². The molecule has 0 heterocycles. The molecule has 19 heavy (non-hydrogen) atoms. The smallest absolute Gasteiger partial charge is 0.314 e. The van der Waals surface area contributed by atoms with Gasteiger partial charge in [0.25, 0.3) is 0 Å². The maximum atomic E-state index is 11.9. The SMILES string of the molecule is CN(C(=O)CNCC(F)(F)F)c1cccc(C#N)c1. The lowest BCUT2D eigenvalue weighted by atomic mass is 10.2. The number of alkyl halides is 3. The standard InChI is InChI=1S/C12H12F3N3O/c1-18(10-4-2-3-9(5-10)6-16)11(19)7-17-8-12(13,14)15/h2-5,17H,7-8H2,1H3. The highest BCUT2D eigenvalue weighted by Crippen LogP contribution is 2.15. The van der Waals surface area contributed by atoms with Crippen molar-refractivity contribution in [2.75, 3.05) is 25.0 Å². The second-order valence-electron chi connectivity index (χ2n) is 3.83. The third-order valence-corrected chi connectivity index (χ3v) is 2.34. The molecule has 102 valence electrons. The predicted molar refractivity (Wildman–Crippen MR) is 63.5 cm³/mol. The first kappa shape index (κ1) is 15.0. The van der Waals surface area contributed by atoms with Crippen LogP contribution in [0.4, 0.5) is 18.9 Å². The quantitative estimate of drug-likeness (QED) is 0.906. The first-order valence-electron chi connectivity index (χ1n) is 5.37. The van der Waals surface area contributed by atoms with Crippen molar-refractivity contribution < 1.29 is 18.0 Å². The molecule has 0 atom stereocenters. The van der Waals surface area contributed by atoms with Crippen molar-refractivity contribution >= 4 is 11.6 Å². The van der Waals surface area contributed by atoms with E-state index in [9.17, 15) is 18.0 Å². The molecule has 0 saturated heterocycles. The second kappa shape index (κ2) is 6.20. The minimum atomic E-state index is -4.35. The summed E-state index contributed by atoms with van der Waals surface area (Å²) in [4.78, 5) is 12.8. The van der Waals surface area contributed by atoms with E-state index < -0.39 is 25.2 Å². The number of amides is 1. The average molecular weight is 271 g/mol. The van der Waals surface area contributed by atoms with E-state index in [0.29, 0.717) is 11.3 Å². The normalized spacial score (nSPS) is 10.9. The van der Waals surface area contributed by atoms with Crippen LogP contribution in [0, 0.1) is 11.3 Å². The third kappa shape index (κ3) is 4.97. The molecule has 7 heteroatoms. The van der Waals surface area contributed by atoms with E-state index in [1.165, 1.54) is 18.0 Å². The highest BCUT2D eigenvalue weighted by Gasteiger charge is 2.26. The van der Waals surface area contributed by atoms with Crippen LogP contribution in [0.25, 0.3) is 0 Å². The molecule has 0 bridgehead atoms. The van der Waals surface area contributed by atoms with Gasteiger partial charge in [0.1, 0.15) is 0 Å². The highest BCUT2D eigenvalue weighted by atomic mass is 19.4. The summed E-state index contributed by atoms with van der Waals surface area (Å²) in [5, 5.41) is 10.7. The van der Waals surface area contributed by atoms with Crippen LogP contribution in [0.15, 0.2) is 24.3 Å². The van der Waals surface area contributed by atoms with E-state index in [1.807, 2.05) is 11.4 Å². The minimum Gasteiger partial charge on any atom is -0.314 e. The van der Waals surface area contributed by atoms with Crippen molar-refractivity contribution in [3.8, 4) is 6.07 Å². The number of nitriles is 1. The molecule has 1 aromatic rings. The lowest BCUT2D eigenvalue weighted by molar-refractivity contribution is -0.127. The van der Waals surface area contributed by atoms with Crippen LogP contribution in [0.5, 0.6) is 0 Å². The van der Waals surface area contributed by atoms with E-state index >= 15 is 0 Å². The Morgan fingerprint density at radius 2 is 2.16 bits per heavy atom. The molecule has 0 aliphatic rings. The Hall–Kier alpha value is -2.07. The van der Waals surface area contributed by atoms with Gasteiger partial charge in [0, 0.05) is 12.7 Å². The molecule has 1 N–H and O–H groups in total. The first-order valence-corrected chi connectivity index (χ1v) is 5.37.